The van der Waals surface area contributed by atoms with Crippen molar-refractivity contribution in [1.82, 2.24) is 25.3 Å². The van der Waals surface area contributed by atoms with E-state index >= 15 is 0 Å². The summed E-state index contributed by atoms with van der Waals surface area (Å²) in [6.07, 6.45) is 5.74. The van der Waals surface area contributed by atoms with Crippen molar-refractivity contribution in [3.8, 4) is 11.3 Å². The van der Waals surface area contributed by atoms with Crippen molar-refractivity contribution in [3.05, 3.63) is 124 Å². The van der Waals surface area contributed by atoms with Gasteiger partial charge in [-0.1, -0.05) is 37.2 Å². The Labute approximate surface area is 241 Å². The molecule has 0 bridgehead atoms. The Balaban J connectivity index is 0.00000337. The maximum atomic E-state index is 14.8. The van der Waals surface area contributed by atoms with Crippen molar-refractivity contribution >= 4 is 34.9 Å². The van der Waals surface area contributed by atoms with E-state index in [0.29, 0.717) is 52.0 Å². The van der Waals surface area contributed by atoms with E-state index in [-0.39, 0.29) is 25.7 Å². The molecule has 0 fully saturated rings. The van der Waals surface area contributed by atoms with Gasteiger partial charge in [0.15, 0.2) is 0 Å². The molecule has 0 saturated carbocycles. The van der Waals surface area contributed by atoms with Gasteiger partial charge in [-0.15, -0.1) is 0 Å². The molecule has 41 heavy (non-hydrogen) atoms. The zero-order valence-electron chi connectivity index (χ0n) is 21.2. The lowest BCUT2D eigenvalue weighted by atomic mass is 9.95. The molecule has 0 unspecified atom stereocenters. The number of fused-ring (bicyclic) bond motifs is 3. The van der Waals surface area contributed by atoms with E-state index in [0.717, 1.165) is 22.5 Å². The average molecular weight is 568 g/mol. The molecule has 8 nitrogen and oxygen atoms in total. The zero-order chi connectivity index (χ0) is 27.5. The van der Waals surface area contributed by atoms with Gasteiger partial charge in [0.2, 0.25) is 5.95 Å². The van der Waals surface area contributed by atoms with Crippen LogP contribution >= 0.6 is 11.6 Å². The molecule has 1 aliphatic rings. The summed E-state index contributed by atoms with van der Waals surface area (Å²) in [5, 5.41) is 6.63. The molecule has 3 heterocycles. The molecule has 0 aliphatic carbocycles. The summed E-state index contributed by atoms with van der Waals surface area (Å²) in [5.74, 6) is -0.138. The molecule has 10 heteroatoms. The largest absolute Gasteiger partial charge is 0.352 e. The molecule has 3 N–H and O–H groups in total. The number of H-pyrrole nitrogens is 1. The molecule has 6 rings (SSSR count). The molecule has 0 spiro atoms. The standard InChI is InChI=1S/C30H23ClFN7O.CH4/c31-20-7-10-23-25(13-20)28(24-3-1-2-4-26(24)32)35-14-19-15-36-30(39-27(19)23)38-21-8-5-18(6-9-21)29(40)34-12-11-22-16-33-17-37-22;/h1-10,13,15-17H,11-12,14H2,(H,33,37)(H,34,40)(H,36,38,39);1H4. The monoisotopic (exact) mass is 567 g/mol. The van der Waals surface area contributed by atoms with Crippen LogP contribution in [0.5, 0.6) is 0 Å². The van der Waals surface area contributed by atoms with Gasteiger partial charge >= 0.3 is 0 Å². The lowest BCUT2D eigenvalue weighted by Gasteiger charge is -2.13. The van der Waals surface area contributed by atoms with E-state index in [4.69, 9.17) is 21.6 Å². The summed E-state index contributed by atoms with van der Waals surface area (Å²) in [5.41, 5.74) is 6.12. The number of benzene rings is 3. The van der Waals surface area contributed by atoms with Crippen LogP contribution in [0, 0.1) is 5.82 Å². The maximum Gasteiger partial charge on any atom is 0.251 e. The number of amides is 1. The number of imidazole rings is 1. The number of aromatic amines is 1. The van der Waals surface area contributed by atoms with Crippen molar-refractivity contribution in [3.63, 3.8) is 0 Å². The Bertz CT molecular complexity index is 1720. The number of anilines is 2. The first kappa shape index (κ1) is 27.7. The highest BCUT2D eigenvalue weighted by atomic mass is 35.5. The number of nitrogens with one attached hydrogen (secondary N) is 3. The van der Waals surface area contributed by atoms with Gasteiger partial charge < -0.3 is 15.6 Å². The van der Waals surface area contributed by atoms with Crippen LogP contribution in [0.2, 0.25) is 5.02 Å². The number of hydrogen-bond donors (Lipinski definition) is 3. The van der Waals surface area contributed by atoms with Crippen molar-refractivity contribution in [1.29, 1.82) is 0 Å². The quantitative estimate of drug-likeness (QED) is 0.212. The van der Waals surface area contributed by atoms with Crippen LogP contribution in [-0.2, 0) is 13.0 Å². The van der Waals surface area contributed by atoms with Gasteiger partial charge in [-0.2, -0.15) is 0 Å². The van der Waals surface area contributed by atoms with Gasteiger partial charge in [-0.25, -0.2) is 19.3 Å². The first-order valence-corrected chi connectivity index (χ1v) is 13.0. The van der Waals surface area contributed by atoms with Gasteiger partial charge in [0, 0.05) is 69.6 Å². The number of carbonyl (C=O) groups excluding carboxylic acids is 1. The number of rotatable bonds is 7. The molecule has 206 valence electrons. The number of hydrogen-bond acceptors (Lipinski definition) is 6. The van der Waals surface area contributed by atoms with Crippen molar-refractivity contribution in [2.75, 3.05) is 11.9 Å². The third kappa shape index (κ3) is 6.00. The molecule has 1 aliphatic heterocycles. The minimum absolute atomic E-state index is 0. The number of nitrogens with zero attached hydrogens (tertiary/aromatic N) is 4. The normalized spacial score (nSPS) is 11.8. The second-order valence-corrected chi connectivity index (χ2v) is 9.62. The summed E-state index contributed by atoms with van der Waals surface area (Å²) in [6, 6.07) is 19.1. The Morgan fingerprint density at radius 3 is 2.61 bits per heavy atom. The van der Waals surface area contributed by atoms with Crippen LogP contribution in [0.1, 0.15) is 40.2 Å². The smallest absolute Gasteiger partial charge is 0.251 e. The van der Waals surface area contributed by atoms with Crippen LogP contribution in [0.25, 0.3) is 11.3 Å². The minimum atomic E-state index is -0.360. The van der Waals surface area contributed by atoms with Crippen LogP contribution in [0.15, 0.2) is 90.4 Å². The van der Waals surface area contributed by atoms with E-state index in [2.05, 4.69) is 25.6 Å². The third-order valence-electron chi connectivity index (χ3n) is 6.53. The molecule has 2 aromatic heterocycles. The maximum absolute atomic E-state index is 14.8. The number of aromatic nitrogens is 4. The molecule has 0 radical (unpaired) electrons. The molecular formula is C31H27ClFN7O. The molecule has 0 saturated heterocycles. The van der Waals surface area contributed by atoms with E-state index in [1.807, 2.05) is 6.07 Å². The molecule has 5 aromatic rings. The third-order valence-corrected chi connectivity index (χ3v) is 6.77. The van der Waals surface area contributed by atoms with Gasteiger partial charge in [-0.05, 0) is 48.5 Å². The fraction of sp³-hybridized carbons (Fsp3) is 0.129. The second kappa shape index (κ2) is 12.1. The summed E-state index contributed by atoms with van der Waals surface area (Å²) < 4.78 is 14.8. The van der Waals surface area contributed by atoms with Crippen molar-refractivity contribution in [2.45, 2.75) is 20.4 Å². The fourth-order valence-corrected chi connectivity index (χ4v) is 4.71. The average Bonchev–Trinajstić information content (AvgIpc) is 3.43. The highest BCUT2D eigenvalue weighted by Gasteiger charge is 2.23. The Morgan fingerprint density at radius 1 is 1.00 bits per heavy atom. The van der Waals surface area contributed by atoms with Crippen LogP contribution in [0.3, 0.4) is 0 Å². The van der Waals surface area contributed by atoms with Crippen molar-refractivity contribution < 1.29 is 9.18 Å². The Hall–Kier alpha value is -4.89. The highest BCUT2D eigenvalue weighted by molar-refractivity contribution is 6.31. The van der Waals surface area contributed by atoms with E-state index < -0.39 is 0 Å². The van der Waals surface area contributed by atoms with Crippen LogP contribution < -0.4 is 10.6 Å². The number of aliphatic imine (C=N–C) groups is 1. The summed E-state index contributed by atoms with van der Waals surface area (Å²) in [4.78, 5) is 33.5. The first-order chi connectivity index (χ1) is 19.5. The van der Waals surface area contributed by atoms with Gasteiger partial charge in [-0.3, -0.25) is 9.79 Å². The van der Waals surface area contributed by atoms with Gasteiger partial charge in [0.25, 0.3) is 5.91 Å². The zero-order valence-corrected chi connectivity index (χ0v) is 21.9. The molecule has 0 atom stereocenters. The Morgan fingerprint density at radius 2 is 1.83 bits per heavy atom. The van der Waals surface area contributed by atoms with Gasteiger partial charge in [0.05, 0.1) is 24.3 Å². The SMILES string of the molecule is C.O=C(NCCc1cnc[nH]1)c1ccc(Nc2ncc3c(n2)-c2ccc(Cl)cc2C(c2ccccc2F)=NC3)cc1. The topological polar surface area (TPSA) is 108 Å². The predicted octanol–water partition coefficient (Wildman–Crippen LogP) is 6.36. The first-order valence-electron chi connectivity index (χ1n) is 12.6. The second-order valence-electron chi connectivity index (χ2n) is 9.19. The highest BCUT2D eigenvalue weighted by Crippen LogP contribution is 2.34. The Kier molecular flexibility index (Phi) is 8.16. The summed E-state index contributed by atoms with van der Waals surface area (Å²) in [6.45, 7) is 0.786. The lowest BCUT2D eigenvalue weighted by Crippen LogP contribution is -2.25. The summed E-state index contributed by atoms with van der Waals surface area (Å²) in [7, 11) is 0. The van der Waals surface area contributed by atoms with Crippen molar-refractivity contribution in [2.24, 2.45) is 4.99 Å². The fourth-order valence-electron chi connectivity index (χ4n) is 4.54. The number of halogens is 2. The molecular weight excluding hydrogens is 541 g/mol. The van der Waals surface area contributed by atoms with Crippen LogP contribution in [0.4, 0.5) is 16.0 Å². The molecule has 1 amide bonds. The van der Waals surface area contributed by atoms with Crippen LogP contribution in [-0.4, -0.2) is 38.1 Å². The van der Waals surface area contributed by atoms with E-state index in [9.17, 15) is 9.18 Å². The van der Waals surface area contributed by atoms with E-state index in [1.165, 1.54) is 6.07 Å². The lowest BCUT2D eigenvalue weighted by molar-refractivity contribution is 0.0954. The summed E-state index contributed by atoms with van der Waals surface area (Å²) >= 11 is 6.35. The molecule has 3 aromatic carbocycles. The van der Waals surface area contributed by atoms with E-state index in [1.54, 1.807) is 73.3 Å². The van der Waals surface area contributed by atoms with Gasteiger partial charge in [0.1, 0.15) is 5.82 Å². The predicted molar refractivity (Wildman–Crippen MR) is 159 cm³/mol. The minimum Gasteiger partial charge on any atom is -0.352 e. The number of carbonyl (C=O) groups is 1.